The van der Waals surface area contributed by atoms with Gasteiger partial charge in [-0.3, -0.25) is 4.79 Å². The minimum atomic E-state index is -0.441. The number of hydrogen-bond acceptors (Lipinski definition) is 2. The topological polar surface area (TPSA) is 46.9 Å². The summed E-state index contributed by atoms with van der Waals surface area (Å²) in [4.78, 5) is 16.6. The van der Waals surface area contributed by atoms with E-state index in [-0.39, 0.29) is 11.3 Å². The zero-order valence-electron chi connectivity index (χ0n) is 12.0. The lowest BCUT2D eigenvalue weighted by Crippen LogP contribution is -2.31. The molecule has 0 fully saturated rings. The minimum absolute atomic E-state index is 0.0959. The number of benzene rings is 1. The maximum atomic E-state index is 12.1. The number of imidazole rings is 1. The van der Waals surface area contributed by atoms with E-state index in [4.69, 9.17) is 34.8 Å². The maximum absolute atomic E-state index is 12.1. The summed E-state index contributed by atoms with van der Waals surface area (Å²) < 4.78 is 1.81. The molecule has 114 valence electrons. The van der Waals surface area contributed by atoms with E-state index in [2.05, 4.69) is 10.3 Å². The molecule has 0 radical (unpaired) electrons. The predicted octanol–water partition coefficient (Wildman–Crippen LogP) is 4.34. The number of nitrogens with one attached hydrogen (secondary N) is 1. The van der Waals surface area contributed by atoms with Crippen molar-refractivity contribution in [2.24, 2.45) is 0 Å². The van der Waals surface area contributed by atoms with Gasteiger partial charge >= 0.3 is 0 Å². The van der Waals surface area contributed by atoms with Crippen LogP contribution in [0.25, 0.3) is 11.0 Å². The molecule has 1 aromatic carbocycles. The van der Waals surface area contributed by atoms with E-state index in [1.807, 2.05) is 13.8 Å². The second kappa shape index (κ2) is 6.42. The number of fused-ring (bicyclic) bond motifs is 1. The van der Waals surface area contributed by atoms with Crippen molar-refractivity contribution >= 4 is 51.7 Å². The molecule has 0 aliphatic rings. The monoisotopic (exact) mass is 347 g/mol. The summed E-state index contributed by atoms with van der Waals surface area (Å²) in [7, 11) is 0. The lowest BCUT2D eigenvalue weighted by Gasteiger charge is -2.18. The zero-order valence-corrected chi connectivity index (χ0v) is 14.2. The van der Waals surface area contributed by atoms with Crippen LogP contribution >= 0.6 is 34.8 Å². The fourth-order valence-corrected chi connectivity index (χ4v) is 2.71. The summed E-state index contributed by atoms with van der Waals surface area (Å²) in [6, 6.07) is 2.96. The first-order chi connectivity index (χ1) is 9.86. The van der Waals surface area contributed by atoms with Crippen molar-refractivity contribution in [2.75, 3.05) is 6.54 Å². The molecule has 2 aromatic rings. The lowest BCUT2D eigenvalue weighted by molar-refractivity contribution is -0.123. The van der Waals surface area contributed by atoms with Gasteiger partial charge in [0.05, 0.1) is 26.5 Å². The van der Waals surface area contributed by atoms with E-state index in [1.54, 1.807) is 23.6 Å². The number of aromatic nitrogens is 2. The first-order valence-corrected chi connectivity index (χ1v) is 7.84. The van der Waals surface area contributed by atoms with Gasteiger partial charge in [0.1, 0.15) is 11.9 Å². The third kappa shape index (κ3) is 3.12. The highest BCUT2D eigenvalue weighted by molar-refractivity contribution is 6.42. The molecule has 1 aromatic heterocycles. The third-order valence-electron chi connectivity index (χ3n) is 3.23. The van der Waals surface area contributed by atoms with E-state index in [0.717, 1.165) is 5.52 Å². The van der Waals surface area contributed by atoms with Gasteiger partial charge in [0.2, 0.25) is 5.91 Å². The van der Waals surface area contributed by atoms with Crippen LogP contribution in [0.4, 0.5) is 0 Å². The van der Waals surface area contributed by atoms with Crippen LogP contribution in [-0.4, -0.2) is 22.0 Å². The number of nitrogens with zero attached hydrogens (tertiary/aromatic N) is 2. The van der Waals surface area contributed by atoms with Gasteiger partial charge in [0, 0.05) is 6.54 Å². The number of alkyl halides is 1. The Morgan fingerprint density at radius 2 is 1.95 bits per heavy atom. The molecule has 2 atom stereocenters. The molecular formula is C14H16Cl3N3O. The molecule has 2 unspecified atom stereocenters. The Kier molecular flexibility index (Phi) is 5.02. The molecule has 1 amide bonds. The Balaban J connectivity index is 2.66. The largest absolute Gasteiger partial charge is 0.355 e. The van der Waals surface area contributed by atoms with Gasteiger partial charge in [0.15, 0.2) is 0 Å². The average Bonchev–Trinajstić information content (AvgIpc) is 2.77. The van der Waals surface area contributed by atoms with Crippen LogP contribution in [0.1, 0.15) is 38.0 Å². The Morgan fingerprint density at radius 3 is 2.52 bits per heavy atom. The molecule has 0 aliphatic carbocycles. The van der Waals surface area contributed by atoms with Gasteiger partial charge < -0.3 is 9.88 Å². The number of likely N-dealkylation sites (N-methyl/N-ethyl adjacent to an activating group) is 1. The number of halogens is 3. The molecular weight excluding hydrogens is 333 g/mol. The van der Waals surface area contributed by atoms with Gasteiger partial charge in [-0.1, -0.05) is 23.2 Å². The molecule has 21 heavy (non-hydrogen) atoms. The summed E-state index contributed by atoms with van der Waals surface area (Å²) in [5.41, 5.74) is 1.41. The predicted molar refractivity (Wildman–Crippen MR) is 87.4 cm³/mol. The fraction of sp³-hybridized carbons (Fsp3) is 0.429. The van der Waals surface area contributed by atoms with E-state index in [0.29, 0.717) is 27.9 Å². The Labute approximate surface area is 138 Å². The van der Waals surface area contributed by atoms with E-state index in [1.165, 1.54) is 0 Å². The summed E-state index contributed by atoms with van der Waals surface area (Å²) >= 11 is 18.3. The molecule has 7 heteroatoms. The molecule has 0 saturated heterocycles. The average molecular weight is 349 g/mol. The van der Waals surface area contributed by atoms with Crippen LogP contribution < -0.4 is 5.32 Å². The maximum Gasteiger partial charge on any atom is 0.242 e. The number of carbonyl (C=O) groups excluding carboxylic acids is 1. The molecule has 0 saturated carbocycles. The molecule has 0 bridgehead atoms. The highest BCUT2D eigenvalue weighted by Crippen LogP contribution is 2.33. The zero-order chi connectivity index (χ0) is 15.7. The summed E-state index contributed by atoms with van der Waals surface area (Å²) in [5, 5.41) is 3.30. The van der Waals surface area contributed by atoms with E-state index < -0.39 is 6.04 Å². The number of carbonyl (C=O) groups is 1. The van der Waals surface area contributed by atoms with Gasteiger partial charge in [-0.15, -0.1) is 11.6 Å². The van der Waals surface area contributed by atoms with Crippen LogP contribution in [0, 0.1) is 0 Å². The standard InChI is InChI=1S/C14H16Cl3N3O/c1-4-18-14(21)8(3)20-12-6-10(17)9(16)5-11(12)19-13(20)7(2)15/h5-8H,4H2,1-3H3,(H,18,21). The van der Waals surface area contributed by atoms with Crippen molar-refractivity contribution in [1.29, 1.82) is 0 Å². The lowest BCUT2D eigenvalue weighted by atomic mass is 10.2. The van der Waals surface area contributed by atoms with E-state index >= 15 is 0 Å². The second-order valence-electron chi connectivity index (χ2n) is 4.78. The molecule has 4 nitrogen and oxygen atoms in total. The van der Waals surface area contributed by atoms with Crippen LogP contribution in [0.15, 0.2) is 12.1 Å². The van der Waals surface area contributed by atoms with Gasteiger partial charge in [-0.25, -0.2) is 4.98 Å². The number of rotatable bonds is 4. The van der Waals surface area contributed by atoms with Crippen LogP contribution in [0.2, 0.25) is 10.0 Å². The normalized spacial score (nSPS) is 14.2. The summed E-state index contributed by atoms with van der Waals surface area (Å²) in [6.45, 7) is 6.05. The van der Waals surface area contributed by atoms with Crippen molar-refractivity contribution in [2.45, 2.75) is 32.2 Å². The second-order valence-corrected chi connectivity index (χ2v) is 6.25. The smallest absolute Gasteiger partial charge is 0.242 e. The van der Waals surface area contributed by atoms with E-state index in [9.17, 15) is 4.79 Å². The van der Waals surface area contributed by atoms with Crippen molar-refractivity contribution in [1.82, 2.24) is 14.9 Å². The first-order valence-electron chi connectivity index (χ1n) is 6.65. The van der Waals surface area contributed by atoms with Crippen LogP contribution in [0.5, 0.6) is 0 Å². The summed E-state index contributed by atoms with van der Waals surface area (Å²) in [5.74, 6) is 0.519. The van der Waals surface area contributed by atoms with Crippen molar-refractivity contribution in [3.8, 4) is 0 Å². The van der Waals surface area contributed by atoms with Crippen molar-refractivity contribution in [3.05, 3.63) is 28.0 Å². The highest BCUT2D eigenvalue weighted by Gasteiger charge is 2.24. The SMILES string of the molecule is CCNC(=O)C(C)n1c(C(C)Cl)nc2cc(Cl)c(Cl)cc21. The quantitative estimate of drug-likeness (QED) is 0.835. The highest BCUT2D eigenvalue weighted by atomic mass is 35.5. The Bertz CT molecular complexity index is 682. The van der Waals surface area contributed by atoms with Gasteiger partial charge in [0.25, 0.3) is 0 Å². The Hall–Kier alpha value is -0.970. The molecule has 0 spiro atoms. The number of amides is 1. The molecule has 1 N–H and O–H groups in total. The molecule has 0 aliphatic heterocycles. The number of hydrogen-bond donors (Lipinski definition) is 1. The van der Waals surface area contributed by atoms with Crippen LogP contribution in [0.3, 0.4) is 0 Å². The summed E-state index contributed by atoms with van der Waals surface area (Å²) in [6.07, 6.45) is 0. The first kappa shape index (κ1) is 16.4. The fourth-order valence-electron chi connectivity index (χ4n) is 2.24. The molecule has 1 heterocycles. The van der Waals surface area contributed by atoms with Gasteiger partial charge in [-0.2, -0.15) is 0 Å². The van der Waals surface area contributed by atoms with Crippen molar-refractivity contribution < 1.29 is 4.79 Å². The van der Waals surface area contributed by atoms with Crippen LogP contribution in [-0.2, 0) is 4.79 Å². The van der Waals surface area contributed by atoms with Gasteiger partial charge in [-0.05, 0) is 32.9 Å². The Morgan fingerprint density at radius 1 is 1.33 bits per heavy atom. The third-order valence-corrected chi connectivity index (χ3v) is 4.15. The van der Waals surface area contributed by atoms with Crippen molar-refractivity contribution in [3.63, 3.8) is 0 Å². The minimum Gasteiger partial charge on any atom is -0.355 e. The molecule has 2 rings (SSSR count).